The summed E-state index contributed by atoms with van der Waals surface area (Å²) in [4.78, 5) is 17.2. The first-order chi connectivity index (χ1) is 9.24. The van der Waals surface area contributed by atoms with Crippen molar-refractivity contribution in [1.29, 1.82) is 0 Å². The molecule has 6 heteroatoms. The van der Waals surface area contributed by atoms with Gasteiger partial charge >= 0.3 is 5.97 Å². The average molecular weight is 258 g/mol. The van der Waals surface area contributed by atoms with Crippen LogP contribution in [0.1, 0.15) is 28.0 Å². The minimum absolute atomic E-state index is 0.211. The highest BCUT2D eigenvalue weighted by molar-refractivity contribution is 5.87. The largest absolute Gasteiger partial charge is 0.478 e. The molecule has 2 aromatic heterocycles. The molecule has 1 aliphatic rings. The lowest BCUT2D eigenvalue weighted by molar-refractivity contribution is 0.0696. The summed E-state index contributed by atoms with van der Waals surface area (Å²) < 4.78 is 0. The van der Waals surface area contributed by atoms with Gasteiger partial charge in [0.2, 0.25) is 0 Å². The molecular formula is C13H14N4O2. The number of nitrogens with zero attached hydrogens (tertiary/aromatic N) is 3. The van der Waals surface area contributed by atoms with Gasteiger partial charge in [0, 0.05) is 30.5 Å². The number of pyridine rings is 1. The predicted molar refractivity (Wildman–Crippen MR) is 69.2 cm³/mol. The van der Waals surface area contributed by atoms with Crippen molar-refractivity contribution in [1.82, 2.24) is 15.2 Å². The highest BCUT2D eigenvalue weighted by Crippen LogP contribution is 2.21. The van der Waals surface area contributed by atoms with Gasteiger partial charge in [0.1, 0.15) is 5.82 Å². The first-order valence-corrected chi connectivity index (χ1v) is 6.19. The summed E-state index contributed by atoms with van der Waals surface area (Å²) in [6.07, 6.45) is 5.26. The topological polar surface area (TPSA) is 82.1 Å². The van der Waals surface area contributed by atoms with Gasteiger partial charge in [-0.2, -0.15) is 5.10 Å². The third-order valence-electron chi connectivity index (χ3n) is 3.34. The molecule has 0 spiro atoms. The molecule has 0 aromatic carbocycles. The zero-order valence-corrected chi connectivity index (χ0v) is 10.3. The molecule has 0 unspecified atom stereocenters. The fraction of sp³-hybridized carbons (Fsp3) is 0.308. The number of rotatable bonds is 2. The number of aromatic amines is 1. The van der Waals surface area contributed by atoms with Gasteiger partial charge in [-0.05, 0) is 25.0 Å². The Morgan fingerprint density at radius 2 is 2.26 bits per heavy atom. The Labute approximate surface area is 110 Å². The Morgan fingerprint density at radius 3 is 3.00 bits per heavy atom. The quantitative estimate of drug-likeness (QED) is 0.852. The molecule has 3 heterocycles. The number of hydrogen-bond donors (Lipinski definition) is 2. The van der Waals surface area contributed by atoms with E-state index in [1.165, 1.54) is 17.5 Å². The highest BCUT2D eigenvalue weighted by Gasteiger charge is 2.17. The van der Waals surface area contributed by atoms with Crippen LogP contribution in [-0.4, -0.2) is 32.8 Å². The van der Waals surface area contributed by atoms with E-state index in [4.69, 9.17) is 5.11 Å². The van der Waals surface area contributed by atoms with E-state index in [-0.39, 0.29) is 5.56 Å². The van der Waals surface area contributed by atoms with Crippen molar-refractivity contribution in [2.45, 2.75) is 19.4 Å². The Morgan fingerprint density at radius 1 is 1.37 bits per heavy atom. The van der Waals surface area contributed by atoms with Crippen LogP contribution in [0.3, 0.4) is 0 Å². The summed E-state index contributed by atoms with van der Waals surface area (Å²) in [6.45, 7) is 1.66. The van der Waals surface area contributed by atoms with Crippen LogP contribution in [0.2, 0.25) is 0 Å². The molecule has 2 N–H and O–H groups in total. The second-order valence-corrected chi connectivity index (χ2v) is 4.61. The highest BCUT2D eigenvalue weighted by atomic mass is 16.4. The van der Waals surface area contributed by atoms with Crippen molar-refractivity contribution < 1.29 is 9.90 Å². The minimum Gasteiger partial charge on any atom is -0.478 e. The molecular weight excluding hydrogens is 244 g/mol. The number of carboxylic acids is 1. The van der Waals surface area contributed by atoms with Gasteiger partial charge in [-0.1, -0.05) is 0 Å². The lowest BCUT2D eigenvalue weighted by Crippen LogP contribution is -2.23. The van der Waals surface area contributed by atoms with Crippen molar-refractivity contribution in [2.75, 3.05) is 11.4 Å². The fourth-order valence-electron chi connectivity index (χ4n) is 2.32. The number of fused-ring (bicyclic) bond motifs is 1. The zero-order valence-electron chi connectivity index (χ0n) is 10.3. The Bertz CT molecular complexity index is 591. The molecule has 3 rings (SSSR count). The Hall–Kier alpha value is -2.37. The summed E-state index contributed by atoms with van der Waals surface area (Å²) in [7, 11) is 0. The van der Waals surface area contributed by atoms with E-state index in [0.717, 1.165) is 31.7 Å². The monoisotopic (exact) mass is 258 g/mol. The van der Waals surface area contributed by atoms with Crippen LogP contribution < -0.4 is 4.90 Å². The van der Waals surface area contributed by atoms with Crippen molar-refractivity contribution >= 4 is 11.8 Å². The number of nitrogens with one attached hydrogen (secondary N) is 1. The molecule has 0 aliphatic carbocycles. The summed E-state index contributed by atoms with van der Waals surface area (Å²) >= 11 is 0. The van der Waals surface area contributed by atoms with Crippen molar-refractivity contribution in [3.8, 4) is 0 Å². The molecule has 0 radical (unpaired) electrons. The summed E-state index contributed by atoms with van der Waals surface area (Å²) in [5.41, 5.74) is 2.58. The average Bonchev–Trinajstić information content (AvgIpc) is 2.76. The molecule has 0 saturated carbocycles. The summed E-state index contributed by atoms with van der Waals surface area (Å²) in [5.74, 6) is -0.147. The first kappa shape index (κ1) is 11.7. The maximum absolute atomic E-state index is 10.8. The third kappa shape index (κ3) is 2.29. The maximum Gasteiger partial charge on any atom is 0.337 e. The van der Waals surface area contributed by atoms with Gasteiger partial charge in [0.25, 0.3) is 0 Å². The molecule has 0 saturated heterocycles. The first-order valence-electron chi connectivity index (χ1n) is 6.19. The van der Waals surface area contributed by atoms with Gasteiger partial charge in [-0.15, -0.1) is 0 Å². The zero-order chi connectivity index (χ0) is 13.2. The van der Waals surface area contributed by atoms with Crippen LogP contribution in [0, 0.1) is 0 Å². The summed E-state index contributed by atoms with van der Waals surface area (Å²) in [5, 5.41) is 15.9. The van der Waals surface area contributed by atoms with Crippen LogP contribution in [0.4, 0.5) is 5.82 Å². The standard InChI is InChI=1S/C13H14N4O2/c18-13(19)9-3-4-12(14-6-9)17-5-1-2-11-10(8-17)7-15-16-11/h3-4,6-7H,1-2,5,8H2,(H,15,16)(H,18,19). The van der Waals surface area contributed by atoms with Gasteiger partial charge in [0.15, 0.2) is 0 Å². The number of hydrogen-bond acceptors (Lipinski definition) is 4. The van der Waals surface area contributed by atoms with Crippen LogP contribution >= 0.6 is 0 Å². The second kappa shape index (κ2) is 4.72. The smallest absolute Gasteiger partial charge is 0.337 e. The molecule has 0 atom stereocenters. The SMILES string of the molecule is O=C(O)c1ccc(N2CCCc3[nH]ncc3C2)nc1. The molecule has 1 aliphatic heterocycles. The van der Waals surface area contributed by atoms with Crippen LogP contribution in [-0.2, 0) is 13.0 Å². The van der Waals surface area contributed by atoms with Gasteiger partial charge < -0.3 is 10.0 Å². The van der Waals surface area contributed by atoms with Crippen LogP contribution in [0.5, 0.6) is 0 Å². The lowest BCUT2D eigenvalue weighted by atomic mass is 10.2. The molecule has 0 fully saturated rings. The number of carbonyl (C=O) groups is 1. The van der Waals surface area contributed by atoms with Crippen molar-refractivity contribution in [3.63, 3.8) is 0 Å². The number of aromatic nitrogens is 3. The number of anilines is 1. The van der Waals surface area contributed by atoms with Crippen molar-refractivity contribution in [2.24, 2.45) is 0 Å². The third-order valence-corrected chi connectivity index (χ3v) is 3.34. The Balaban J connectivity index is 1.84. The molecule has 0 amide bonds. The number of aryl methyl sites for hydroxylation is 1. The van der Waals surface area contributed by atoms with Gasteiger partial charge in [-0.25, -0.2) is 9.78 Å². The number of aromatic carboxylic acids is 1. The molecule has 0 bridgehead atoms. The van der Waals surface area contributed by atoms with E-state index >= 15 is 0 Å². The van der Waals surface area contributed by atoms with Crippen molar-refractivity contribution in [3.05, 3.63) is 41.3 Å². The number of H-pyrrole nitrogens is 1. The molecule has 98 valence electrons. The molecule has 6 nitrogen and oxygen atoms in total. The molecule has 2 aromatic rings. The number of carboxylic acid groups (broad SMARTS) is 1. The van der Waals surface area contributed by atoms with E-state index in [0.29, 0.717) is 0 Å². The fourth-order valence-corrected chi connectivity index (χ4v) is 2.32. The minimum atomic E-state index is -0.952. The maximum atomic E-state index is 10.8. The van der Waals surface area contributed by atoms with Crippen LogP contribution in [0.15, 0.2) is 24.5 Å². The van der Waals surface area contributed by atoms with E-state index in [9.17, 15) is 4.79 Å². The van der Waals surface area contributed by atoms with Gasteiger partial charge in [0.05, 0.1) is 11.8 Å². The predicted octanol–water partition coefficient (Wildman–Crippen LogP) is 1.46. The second-order valence-electron chi connectivity index (χ2n) is 4.61. The normalized spacial score (nSPS) is 14.8. The van der Waals surface area contributed by atoms with E-state index < -0.39 is 5.97 Å². The van der Waals surface area contributed by atoms with Gasteiger partial charge in [-0.3, -0.25) is 5.10 Å². The van der Waals surface area contributed by atoms with E-state index in [2.05, 4.69) is 20.1 Å². The van der Waals surface area contributed by atoms with E-state index in [1.807, 2.05) is 6.20 Å². The van der Waals surface area contributed by atoms with E-state index in [1.54, 1.807) is 12.1 Å². The lowest BCUT2D eigenvalue weighted by Gasteiger charge is -2.21. The summed E-state index contributed by atoms with van der Waals surface area (Å²) in [6, 6.07) is 3.35. The van der Waals surface area contributed by atoms with Crippen LogP contribution in [0.25, 0.3) is 0 Å². The Kier molecular flexibility index (Phi) is 2.91. The molecule has 19 heavy (non-hydrogen) atoms.